The molecule has 1 aromatic heterocycles. The Morgan fingerprint density at radius 3 is 2.69 bits per heavy atom. The van der Waals surface area contributed by atoms with Gasteiger partial charge in [-0.1, -0.05) is 18.2 Å². The molecule has 0 aliphatic carbocycles. The highest BCUT2D eigenvalue weighted by molar-refractivity contribution is 7.87. The first-order chi connectivity index (χ1) is 12.4. The van der Waals surface area contributed by atoms with E-state index in [0.717, 1.165) is 41.2 Å². The van der Waals surface area contributed by atoms with Gasteiger partial charge in [0.1, 0.15) is 0 Å². The minimum atomic E-state index is -3.48. The van der Waals surface area contributed by atoms with Gasteiger partial charge in [-0.2, -0.15) is 22.5 Å². The zero-order valence-electron chi connectivity index (χ0n) is 15.4. The number of aromatic nitrogens is 2. The summed E-state index contributed by atoms with van der Waals surface area (Å²) in [5.74, 6) is 0. The van der Waals surface area contributed by atoms with Crippen LogP contribution in [0.25, 0.3) is 5.69 Å². The van der Waals surface area contributed by atoms with E-state index in [2.05, 4.69) is 15.1 Å². The summed E-state index contributed by atoms with van der Waals surface area (Å²) in [6, 6.07) is 8.43. The molecule has 2 saturated heterocycles. The Morgan fingerprint density at radius 2 is 2.04 bits per heavy atom. The standard InChI is InChI=1S/C18H25N5O2S/c1-12-6-4-5-7-18(12)23-14(3)17(13(2)21-23)10-20-26(24,25)22-11-15-8-16(22)9-19-15/h4-7,15-16,19-20H,8-11H2,1-3H3/t15-,16-/m0/s1. The van der Waals surface area contributed by atoms with Crippen LogP contribution in [0.1, 0.15) is 28.9 Å². The van der Waals surface area contributed by atoms with Gasteiger partial charge in [-0.15, -0.1) is 0 Å². The number of piperazine rings is 1. The van der Waals surface area contributed by atoms with Crippen LogP contribution in [-0.2, 0) is 16.8 Å². The monoisotopic (exact) mass is 375 g/mol. The average Bonchev–Trinajstić information content (AvgIpc) is 3.30. The Bertz CT molecular complexity index is 937. The van der Waals surface area contributed by atoms with E-state index in [1.165, 1.54) is 0 Å². The lowest BCUT2D eigenvalue weighted by Crippen LogP contribution is -2.50. The minimum absolute atomic E-state index is 0.0781. The number of benzene rings is 1. The van der Waals surface area contributed by atoms with Gasteiger partial charge in [-0.3, -0.25) is 0 Å². The molecule has 140 valence electrons. The summed E-state index contributed by atoms with van der Waals surface area (Å²) in [6.45, 7) is 7.51. The highest BCUT2D eigenvalue weighted by Gasteiger charge is 2.43. The molecule has 2 aliphatic heterocycles. The number of hydrogen-bond donors (Lipinski definition) is 2. The second-order valence-electron chi connectivity index (χ2n) is 7.24. The maximum atomic E-state index is 12.7. The van der Waals surface area contributed by atoms with Gasteiger partial charge >= 0.3 is 0 Å². The van der Waals surface area contributed by atoms with Crippen molar-refractivity contribution in [1.29, 1.82) is 0 Å². The molecule has 26 heavy (non-hydrogen) atoms. The summed E-state index contributed by atoms with van der Waals surface area (Å²) in [5, 5.41) is 7.97. The molecule has 2 fully saturated rings. The van der Waals surface area contributed by atoms with E-state index in [4.69, 9.17) is 0 Å². The van der Waals surface area contributed by atoms with Crippen molar-refractivity contribution >= 4 is 10.2 Å². The van der Waals surface area contributed by atoms with Crippen molar-refractivity contribution in [2.45, 2.75) is 45.8 Å². The Morgan fingerprint density at radius 1 is 1.27 bits per heavy atom. The topological polar surface area (TPSA) is 79.3 Å². The molecule has 2 atom stereocenters. The first-order valence-corrected chi connectivity index (χ1v) is 10.4. The van der Waals surface area contributed by atoms with Crippen LogP contribution in [0.5, 0.6) is 0 Å². The van der Waals surface area contributed by atoms with Crippen molar-refractivity contribution in [3.63, 3.8) is 0 Å². The van der Waals surface area contributed by atoms with Gasteiger partial charge in [0.2, 0.25) is 0 Å². The fourth-order valence-corrected chi connectivity index (χ4v) is 5.45. The van der Waals surface area contributed by atoms with Gasteiger partial charge in [-0.25, -0.2) is 4.68 Å². The summed E-state index contributed by atoms with van der Waals surface area (Å²) >= 11 is 0. The number of fused-ring (bicyclic) bond motifs is 2. The number of aryl methyl sites for hydroxylation is 2. The Labute approximate surface area is 154 Å². The Kier molecular flexibility index (Phi) is 4.38. The van der Waals surface area contributed by atoms with E-state index in [1.54, 1.807) is 4.31 Å². The second-order valence-corrected chi connectivity index (χ2v) is 8.95. The number of rotatable bonds is 5. The van der Waals surface area contributed by atoms with E-state index in [0.29, 0.717) is 12.6 Å². The zero-order valence-corrected chi connectivity index (χ0v) is 16.2. The molecule has 0 saturated carbocycles. The molecule has 8 heteroatoms. The molecule has 0 radical (unpaired) electrons. The van der Waals surface area contributed by atoms with Crippen molar-refractivity contribution < 1.29 is 8.42 Å². The van der Waals surface area contributed by atoms with Gasteiger partial charge in [-0.05, 0) is 38.8 Å². The molecular weight excluding hydrogens is 350 g/mol. The summed E-state index contributed by atoms with van der Waals surface area (Å²) in [4.78, 5) is 0. The lowest BCUT2D eigenvalue weighted by molar-refractivity contribution is 0.343. The van der Waals surface area contributed by atoms with Crippen molar-refractivity contribution in [1.82, 2.24) is 24.1 Å². The van der Waals surface area contributed by atoms with E-state index in [-0.39, 0.29) is 12.6 Å². The second kappa shape index (κ2) is 6.45. The fraction of sp³-hybridized carbons (Fsp3) is 0.500. The van der Waals surface area contributed by atoms with Crippen LogP contribution in [0.4, 0.5) is 0 Å². The summed E-state index contributed by atoms with van der Waals surface area (Å²) in [7, 11) is -3.48. The molecule has 3 heterocycles. The van der Waals surface area contributed by atoms with Crippen LogP contribution in [0, 0.1) is 20.8 Å². The molecular formula is C18H25N5O2S. The molecule has 0 spiro atoms. The average molecular weight is 375 g/mol. The normalized spacial score (nSPS) is 23.0. The summed E-state index contributed by atoms with van der Waals surface area (Å²) in [6.07, 6.45) is 0.907. The molecule has 4 rings (SSSR count). The van der Waals surface area contributed by atoms with Crippen LogP contribution < -0.4 is 10.0 Å². The predicted octanol–water partition coefficient (Wildman–Crippen LogP) is 1.18. The number of hydrogen-bond acceptors (Lipinski definition) is 4. The quantitative estimate of drug-likeness (QED) is 0.822. The minimum Gasteiger partial charge on any atom is -0.311 e. The van der Waals surface area contributed by atoms with E-state index in [9.17, 15) is 8.42 Å². The molecule has 1 aromatic carbocycles. The lowest BCUT2D eigenvalue weighted by Gasteiger charge is -2.26. The SMILES string of the molecule is Cc1ccccc1-n1nc(C)c(CNS(=O)(=O)N2C[C@@H]3C[C@H]2CN3)c1C. The van der Waals surface area contributed by atoms with Crippen LogP contribution >= 0.6 is 0 Å². The molecule has 0 amide bonds. The Balaban J connectivity index is 1.55. The van der Waals surface area contributed by atoms with Crippen LogP contribution in [0.3, 0.4) is 0 Å². The molecule has 0 unspecified atom stereocenters. The lowest BCUT2D eigenvalue weighted by atomic mass is 10.2. The molecule has 2 bridgehead atoms. The first kappa shape index (κ1) is 17.7. The highest BCUT2D eigenvalue weighted by Crippen LogP contribution is 2.26. The van der Waals surface area contributed by atoms with Crippen LogP contribution in [-0.4, -0.2) is 47.7 Å². The third kappa shape index (κ3) is 2.96. The van der Waals surface area contributed by atoms with Crippen molar-refractivity contribution in [3.05, 3.63) is 46.8 Å². The van der Waals surface area contributed by atoms with Gasteiger partial charge in [0.15, 0.2) is 0 Å². The van der Waals surface area contributed by atoms with Crippen molar-refractivity contribution in [2.75, 3.05) is 13.1 Å². The summed E-state index contributed by atoms with van der Waals surface area (Å²) in [5.41, 5.74) is 4.89. The largest absolute Gasteiger partial charge is 0.311 e. The van der Waals surface area contributed by atoms with E-state index in [1.807, 2.05) is 49.7 Å². The first-order valence-electron chi connectivity index (χ1n) is 8.97. The number of nitrogens with zero attached hydrogens (tertiary/aromatic N) is 3. The van der Waals surface area contributed by atoms with E-state index < -0.39 is 10.2 Å². The van der Waals surface area contributed by atoms with Gasteiger partial charge < -0.3 is 5.32 Å². The Hall–Kier alpha value is -1.74. The van der Waals surface area contributed by atoms with Crippen molar-refractivity contribution in [2.24, 2.45) is 0 Å². The smallest absolute Gasteiger partial charge is 0.280 e. The highest BCUT2D eigenvalue weighted by atomic mass is 32.2. The maximum absolute atomic E-state index is 12.7. The van der Waals surface area contributed by atoms with Gasteiger partial charge in [0.05, 0.1) is 11.4 Å². The third-order valence-corrected chi connectivity index (χ3v) is 7.11. The third-order valence-electron chi connectivity index (χ3n) is 5.53. The number of nitrogens with one attached hydrogen (secondary N) is 2. The fourth-order valence-electron chi connectivity index (χ4n) is 4.03. The predicted molar refractivity (Wildman–Crippen MR) is 100 cm³/mol. The molecule has 7 nitrogen and oxygen atoms in total. The van der Waals surface area contributed by atoms with Crippen LogP contribution in [0.15, 0.2) is 24.3 Å². The maximum Gasteiger partial charge on any atom is 0.280 e. The molecule has 2 N–H and O–H groups in total. The zero-order chi connectivity index (χ0) is 18.5. The van der Waals surface area contributed by atoms with Gasteiger partial charge in [0.25, 0.3) is 10.2 Å². The number of para-hydroxylation sites is 1. The van der Waals surface area contributed by atoms with E-state index >= 15 is 0 Å². The van der Waals surface area contributed by atoms with Gasteiger partial charge in [0, 0.05) is 43.0 Å². The van der Waals surface area contributed by atoms with Crippen LogP contribution in [0.2, 0.25) is 0 Å². The summed E-state index contributed by atoms with van der Waals surface area (Å²) < 4.78 is 31.7. The molecule has 2 aliphatic rings. The molecule has 2 aromatic rings. The van der Waals surface area contributed by atoms with Crippen molar-refractivity contribution in [3.8, 4) is 5.69 Å².